The van der Waals surface area contributed by atoms with Crippen molar-refractivity contribution in [3.8, 4) is 0 Å². The molecular formula is C10H17NO2. The summed E-state index contributed by atoms with van der Waals surface area (Å²) >= 11 is 0. The fourth-order valence-corrected chi connectivity index (χ4v) is 2.81. The lowest BCUT2D eigenvalue weighted by Gasteiger charge is -2.09. The third kappa shape index (κ3) is 1.35. The lowest BCUT2D eigenvalue weighted by atomic mass is 9.94. The molecule has 2 N–H and O–H groups in total. The van der Waals surface area contributed by atoms with E-state index in [9.17, 15) is 4.79 Å². The number of nitrogens with one attached hydrogen (secondary N) is 1. The fourth-order valence-electron chi connectivity index (χ4n) is 2.81. The minimum Gasteiger partial charge on any atom is -0.480 e. The molecule has 0 aromatic rings. The van der Waals surface area contributed by atoms with E-state index in [0.29, 0.717) is 11.3 Å². The summed E-state index contributed by atoms with van der Waals surface area (Å²) in [5, 5.41) is 11.9. The Morgan fingerprint density at radius 2 is 2.23 bits per heavy atom. The predicted octanol–water partition coefficient (Wildman–Crippen LogP) is 1.10. The van der Waals surface area contributed by atoms with Crippen LogP contribution < -0.4 is 5.32 Å². The Labute approximate surface area is 78.5 Å². The zero-order valence-electron chi connectivity index (χ0n) is 8.21. The largest absolute Gasteiger partial charge is 0.480 e. The average molecular weight is 183 g/mol. The maximum atomic E-state index is 10.7. The molecule has 2 aliphatic rings. The van der Waals surface area contributed by atoms with E-state index in [2.05, 4.69) is 19.2 Å². The summed E-state index contributed by atoms with van der Waals surface area (Å²) in [5.74, 6) is 0.768. The van der Waals surface area contributed by atoms with Gasteiger partial charge in [-0.3, -0.25) is 4.79 Å². The van der Waals surface area contributed by atoms with Gasteiger partial charge in [-0.25, -0.2) is 0 Å². The number of hydrogen-bond acceptors (Lipinski definition) is 2. The minimum absolute atomic E-state index is 0.288. The molecule has 0 radical (unpaired) electrons. The summed E-state index contributed by atoms with van der Waals surface area (Å²) in [7, 11) is 0. The zero-order valence-corrected chi connectivity index (χ0v) is 8.21. The molecule has 3 nitrogen and oxygen atoms in total. The topological polar surface area (TPSA) is 49.3 Å². The monoisotopic (exact) mass is 183 g/mol. The summed E-state index contributed by atoms with van der Waals surface area (Å²) < 4.78 is 0. The Bertz CT molecular complexity index is 239. The molecule has 3 heteroatoms. The van der Waals surface area contributed by atoms with E-state index in [1.807, 2.05) is 0 Å². The second-order valence-corrected chi connectivity index (χ2v) is 4.89. The van der Waals surface area contributed by atoms with Crippen molar-refractivity contribution in [1.29, 1.82) is 0 Å². The van der Waals surface area contributed by atoms with Crippen molar-refractivity contribution < 1.29 is 9.90 Å². The van der Waals surface area contributed by atoms with E-state index in [1.54, 1.807) is 0 Å². The van der Waals surface area contributed by atoms with Crippen LogP contribution in [0.1, 0.15) is 26.7 Å². The molecule has 1 spiro atoms. The summed E-state index contributed by atoms with van der Waals surface area (Å²) in [4.78, 5) is 10.7. The van der Waals surface area contributed by atoms with Gasteiger partial charge in [0.2, 0.25) is 0 Å². The summed E-state index contributed by atoms with van der Waals surface area (Å²) in [6.07, 6.45) is 2.06. The van der Waals surface area contributed by atoms with Crippen LogP contribution in [0.4, 0.5) is 0 Å². The third-order valence-electron chi connectivity index (χ3n) is 3.67. The number of carboxylic acids is 1. The number of hydrogen-bond donors (Lipinski definition) is 2. The van der Waals surface area contributed by atoms with E-state index in [4.69, 9.17) is 5.11 Å². The van der Waals surface area contributed by atoms with Crippen LogP contribution >= 0.6 is 0 Å². The highest BCUT2D eigenvalue weighted by molar-refractivity contribution is 5.74. The Hall–Kier alpha value is -0.570. The van der Waals surface area contributed by atoms with E-state index >= 15 is 0 Å². The van der Waals surface area contributed by atoms with Gasteiger partial charge in [0.25, 0.3) is 0 Å². The third-order valence-corrected chi connectivity index (χ3v) is 3.67. The van der Waals surface area contributed by atoms with Crippen LogP contribution in [-0.4, -0.2) is 23.7 Å². The number of carbonyl (C=O) groups is 1. The number of carboxylic acid groups (broad SMARTS) is 1. The van der Waals surface area contributed by atoms with Gasteiger partial charge in [-0.1, -0.05) is 13.8 Å². The van der Waals surface area contributed by atoms with Gasteiger partial charge in [0.1, 0.15) is 6.04 Å². The van der Waals surface area contributed by atoms with Crippen molar-refractivity contribution in [2.75, 3.05) is 6.54 Å². The fraction of sp³-hybridized carbons (Fsp3) is 0.900. The van der Waals surface area contributed by atoms with Gasteiger partial charge in [0, 0.05) is 6.54 Å². The van der Waals surface area contributed by atoms with E-state index in [-0.39, 0.29) is 6.04 Å². The van der Waals surface area contributed by atoms with Crippen molar-refractivity contribution in [2.24, 2.45) is 17.3 Å². The molecule has 0 unspecified atom stereocenters. The molecule has 1 heterocycles. The summed E-state index contributed by atoms with van der Waals surface area (Å²) in [5.41, 5.74) is 0.344. The normalized spacial score (nSPS) is 43.0. The Morgan fingerprint density at radius 1 is 1.54 bits per heavy atom. The Balaban J connectivity index is 1.97. The molecule has 2 fully saturated rings. The molecule has 3 atom stereocenters. The van der Waals surface area contributed by atoms with Gasteiger partial charge in [-0.2, -0.15) is 0 Å². The van der Waals surface area contributed by atoms with Gasteiger partial charge >= 0.3 is 5.97 Å². The lowest BCUT2D eigenvalue weighted by Crippen LogP contribution is -2.29. The SMILES string of the molecule is CC(C)[C@H]1C[C@]12CN[C@H](C(=O)O)C2. The van der Waals surface area contributed by atoms with Gasteiger partial charge in [0.05, 0.1) is 0 Å². The first kappa shape index (κ1) is 9.00. The number of rotatable bonds is 2. The molecule has 0 aromatic heterocycles. The van der Waals surface area contributed by atoms with E-state index in [1.165, 1.54) is 6.42 Å². The lowest BCUT2D eigenvalue weighted by molar-refractivity contribution is -0.139. The summed E-state index contributed by atoms with van der Waals surface area (Å²) in [6.45, 7) is 5.37. The van der Waals surface area contributed by atoms with Crippen LogP contribution in [0.5, 0.6) is 0 Å². The average Bonchev–Trinajstić information content (AvgIpc) is 2.52. The predicted molar refractivity (Wildman–Crippen MR) is 49.4 cm³/mol. The highest BCUT2D eigenvalue weighted by Crippen LogP contribution is 2.60. The second kappa shape index (κ2) is 2.71. The van der Waals surface area contributed by atoms with Gasteiger partial charge in [0.15, 0.2) is 0 Å². The van der Waals surface area contributed by atoms with Crippen LogP contribution in [0.2, 0.25) is 0 Å². The van der Waals surface area contributed by atoms with E-state index in [0.717, 1.165) is 18.9 Å². The number of aliphatic carboxylic acids is 1. The van der Waals surface area contributed by atoms with Crippen molar-refractivity contribution in [2.45, 2.75) is 32.7 Å². The van der Waals surface area contributed by atoms with Crippen LogP contribution in [-0.2, 0) is 4.79 Å². The minimum atomic E-state index is -0.689. The summed E-state index contributed by atoms with van der Waals surface area (Å²) in [6, 6.07) is -0.288. The van der Waals surface area contributed by atoms with Gasteiger partial charge < -0.3 is 10.4 Å². The van der Waals surface area contributed by atoms with Gasteiger partial charge in [-0.05, 0) is 30.1 Å². The van der Waals surface area contributed by atoms with Gasteiger partial charge in [-0.15, -0.1) is 0 Å². The highest BCUT2D eigenvalue weighted by atomic mass is 16.4. The quantitative estimate of drug-likeness (QED) is 0.674. The van der Waals surface area contributed by atoms with E-state index < -0.39 is 5.97 Å². The van der Waals surface area contributed by atoms with Crippen LogP contribution in [0, 0.1) is 17.3 Å². The molecule has 1 saturated carbocycles. The Kier molecular flexibility index (Phi) is 1.88. The first-order chi connectivity index (χ1) is 6.05. The van der Waals surface area contributed by atoms with Crippen LogP contribution in [0.25, 0.3) is 0 Å². The van der Waals surface area contributed by atoms with Crippen molar-refractivity contribution >= 4 is 5.97 Å². The molecular weight excluding hydrogens is 166 g/mol. The van der Waals surface area contributed by atoms with Crippen LogP contribution in [0.3, 0.4) is 0 Å². The van der Waals surface area contributed by atoms with Crippen molar-refractivity contribution in [3.63, 3.8) is 0 Å². The molecule has 0 aromatic carbocycles. The standard InChI is InChI=1S/C10H17NO2/c1-6(2)7-3-10(7)4-8(9(12)13)11-5-10/h6-8,11H,3-5H2,1-2H3,(H,12,13)/t7-,8+,10+/m1/s1. The highest BCUT2D eigenvalue weighted by Gasteiger charge is 2.59. The molecule has 0 amide bonds. The molecule has 1 saturated heterocycles. The van der Waals surface area contributed by atoms with Crippen molar-refractivity contribution in [1.82, 2.24) is 5.32 Å². The molecule has 1 aliphatic carbocycles. The van der Waals surface area contributed by atoms with Crippen LogP contribution in [0.15, 0.2) is 0 Å². The maximum absolute atomic E-state index is 10.7. The zero-order chi connectivity index (χ0) is 9.64. The molecule has 0 bridgehead atoms. The first-order valence-corrected chi connectivity index (χ1v) is 5.01. The maximum Gasteiger partial charge on any atom is 0.320 e. The molecule has 2 rings (SSSR count). The van der Waals surface area contributed by atoms with Crippen molar-refractivity contribution in [3.05, 3.63) is 0 Å². The first-order valence-electron chi connectivity index (χ1n) is 5.01. The second-order valence-electron chi connectivity index (χ2n) is 4.89. The molecule has 74 valence electrons. The molecule has 1 aliphatic heterocycles. The Morgan fingerprint density at radius 3 is 2.62 bits per heavy atom. The molecule has 13 heavy (non-hydrogen) atoms. The smallest absolute Gasteiger partial charge is 0.320 e.